The van der Waals surface area contributed by atoms with Crippen LogP contribution in [0.4, 0.5) is 5.00 Å². The zero-order valence-corrected chi connectivity index (χ0v) is 24.1. The van der Waals surface area contributed by atoms with Gasteiger partial charge in [-0.2, -0.15) is 14.1 Å². The minimum absolute atomic E-state index is 0.0662. The number of thiophene rings is 1. The van der Waals surface area contributed by atoms with Crippen molar-refractivity contribution in [1.82, 2.24) is 14.1 Å². The van der Waals surface area contributed by atoms with Crippen molar-refractivity contribution in [2.24, 2.45) is 0 Å². The van der Waals surface area contributed by atoms with Crippen LogP contribution in [-0.2, 0) is 14.8 Å². The number of ether oxygens (including phenoxy) is 2. The second kappa shape index (κ2) is 11.8. The van der Waals surface area contributed by atoms with Crippen LogP contribution in [0.2, 0.25) is 0 Å². The van der Waals surface area contributed by atoms with E-state index in [9.17, 15) is 22.8 Å². The summed E-state index contributed by atoms with van der Waals surface area (Å²) in [7, 11) is -3.62. The van der Waals surface area contributed by atoms with Gasteiger partial charge >= 0.3 is 5.97 Å². The SMILES string of the molecule is CCOC(=O)c1nn(-c2ccc(OCC)cc2)c(=O)c2c(NC(=O)c3ccc(S(=O)(=O)N4CCCC4)cc3)scc12. The van der Waals surface area contributed by atoms with Crippen LogP contribution in [-0.4, -0.2) is 60.7 Å². The molecule has 3 heterocycles. The van der Waals surface area contributed by atoms with E-state index >= 15 is 0 Å². The number of benzene rings is 2. The summed E-state index contributed by atoms with van der Waals surface area (Å²) in [4.78, 5) is 39.7. The maximum atomic E-state index is 13.7. The fourth-order valence-corrected chi connectivity index (χ4v) is 7.00. The predicted octanol–water partition coefficient (Wildman–Crippen LogP) is 4.06. The third-order valence-electron chi connectivity index (χ3n) is 6.56. The molecule has 1 aliphatic rings. The van der Waals surface area contributed by atoms with Crippen LogP contribution in [0.15, 0.2) is 63.6 Å². The number of anilines is 1. The topological polar surface area (TPSA) is 137 Å². The number of aromatic nitrogens is 2. The number of rotatable bonds is 9. The first kappa shape index (κ1) is 28.5. The van der Waals surface area contributed by atoms with E-state index in [0.717, 1.165) is 28.9 Å². The van der Waals surface area contributed by atoms with Crippen LogP contribution >= 0.6 is 11.3 Å². The Morgan fingerprint density at radius 2 is 1.68 bits per heavy atom. The third-order valence-corrected chi connectivity index (χ3v) is 9.37. The molecule has 0 saturated carbocycles. The third kappa shape index (κ3) is 5.60. The van der Waals surface area contributed by atoms with Crippen molar-refractivity contribution in [1.29, 1.82) is 0 Å². The van der Waals surface area contributed by atoms with E-state index in [-0.39, 0.29) is 38.5 Å². The van der Waals surface area contributed by atoms with Crippen molar-refractivity contribution < 1.29 is 27.5 Å². The van der Waals surface area contributed by atoms with Gasteiger partial charge in [-0.05, 0) is 75.2 Å². The van der Waals surface area contributed by atoms with E-state index < -0.39 is 27.5 Å². The van der Waals surface area contributed by atoms with Crippen LogP contribution in [0.1, 0.15) is 47.5 Å². The van der Waals surface area contributed by atoms with Gasteiger partial charge in [-0.25, -0.2) is 13.2 Å². The zero-order chi connectivity index (χ0) is 29.1. The first-order valence-corrected chi connectivity index (χ1v) is 15.4. The Morgan fingerprint density at radius 3 is 2.32 bits per heavy atom. The van der Waals surface area contributed by atoms with Crippen molar-refractivity contribution in [2.45, 2.75) is 31.6 Å². The Kier molecular flexibility index (Phi) is 8.20. The molecule has 1 saturated heterocycles. The molecule has 0 unspecified atom stereocenters. The molecule has 13 heteroatoms. The van der Waals surface area contributed by atoms with E-state index in [1.807, 2.05) is 6.92 Å². The van der Waals surface area contributed by atoms with Gasteiger partial charge in [0.15, 0.2) is 5.69 Å². The smallest absolute Gasteiger partial charge is 0.359 e. The number of nitrogens with one attached hydrogen (secondary N) is 1. The fourth-order valence-electron chi connectivity index (χ4n) is 4.55. The van der Waals surface area contributed by atoms with Gasteiger partial charge in [0.25, 0.3) is 11.5 Å². The lowest BCUT2D eigenvalue weighted by Crippen LogP contribution is -2.27. The highest BCUT2D eigenvalue weighted by atomic mass is 32.2. The molecule has 1 aliphatic heterocycles. The Hall–Kier alpha value is -4.07. The number of fused-ring (bicyclic) bond motifs is 1. The summed E-state index contributed by atoms with van der Waals surface area (Å²) < 4.78 is 38.8. The van der Waals surface area contributed by atoms with Crippen molar-refractivity contribution >= 4 is 49.0 Å². The van der Waals surface area contributed by atoms with Gasteiger partial charge in [0, 0.05) is 29.4 Å². The Balaban J connectivity index is 1.50. The molecule has 5 rings (SSSR count). The Morgan fingerprint density at radius 1 is 1.00 bits per heavy atom. The lowest BCUT2D eigenvalue weighted by Gasteiger charge is -2.15. The number of hydrogen-bond acceptors (Lipinski definition) is 9. The molecule has 2 aromatic carbocycles. The standard InChI is InChI=1S/C28H28N4O7S2/c1-3-38-20-11-9-19(10-12-20)32-27(34)23-22(24(30-32)28(35)39-4-2)17-40-26(23)29-25(33)18-7-13-21(14-8-18)41(36,37)31-15-5-6-16-31/h7-14,17H,3-6,15-16H2,1-2H3,(H,29,33). The predicted molar refractivity (Wildman–Crippen MR) is 155 cm³/mol. The van der Waals surface area contributed by atoms with E-state index in [1.54, 1.807) is 36.6 Å². The maximum Gasteiger partial charge on any atom is 0.359 e. The molecule has 1 fully saturated rings. The van der Waals surface area contributed by atoms with Crippen molar-refractivity contribution in [3.63, 3.8) is 0 Å². The average molecular weight is 597 g/mol. The Labute approximate surface area is 240 Å². The minimum Gasteiger partial charge on any atom is -0.494 e. The molecule has 0 radical (unpaired) electrons. The molecule has 0 bridgehead atoms. The lowest BCUT2D eigenvalue weighted by molar-refractivity contribution is 0.0519. The number of esters is 1. The normalized spacial score (nSPS) is 13.8. The van der Waals surface area contributed by atoms with E-state index in [1.165, 1.54) is 28.6 Å². The van der Waals surface area contributed by atoms with Crippen LogP contribution in [0.25, 0.3) is 16.5 Å². The molecule has 0 spiro atoms. The highest BCUT2D eigenvalue weighted by Gasteiger charge is 2.28. The second-order valence-electron chi connectivity index (χ2n) is 9.16. The molecule has 0 aliphatic carbocycles. The van der Waals surface area contributed by atoms with Crippen molar-refractivity contribution in [3.8, 4) is 11.4 Å². The quantitative estimate of drug-likeness (QED) is 0.286. The number of hydrogen-bond donors (Lipinski definition) is 1. The van der Waals surface area contributed by atoms with Gasteiger partial charge in [0.2, 0.25) is 10.0 Å². The molecule has 1 N–H and O–H groups in total. The van der Waals surface area contributed by atoms with Gasteiger partial charge in [-0.1, -0.05) is 0 Å². The molecule has 214 valence electrons. The molecule has 1 amide bonds. The van der Waals surface area contributed by atoms with E-state index in [4.69, 9.17) is 9.47 Å². The molecule has 2 aromatic heterocycles. The summed E-state index contributed by atoms with van der Waals surface area (Å²) in [6, 6.07) is 12.3. The fraction of sp³-hybridized carbons (Fsp3) is 0.286. The van der Waals surface area contributed by atoms with Gasteiger partial charge in [-0.3, -0.25) is 9.59 Å². The summed E-state index contributed by atoms with van der Waals surface area (Å²) in [5, 5.41) is 9.19. The number of carbonyl (C=O) groups is 2. The number of amides is 1. The number of sulfonamides is 1. The molecule has 4 aromatic rings. The molecular formula is C28H28N4O7S2. The van der Waals surface area contributed by atoms with Gasteiger partial charge in [0.1, 0.15) is 10.8 Å². The summed E-state index contributed by atoms with van der Waals surface area (Å²) in [5.74, 6) is -0.637. The molecule has 11 nitrogen and oxygen atoms in total. The van der Waals surface area contributed by atoms with Crippen LogP contribution in [0.5, 0.6) is 5.75 Å². The minimum atomic E-state index is -3.62. The molecule has 0 atom stereocenters. The maximum absolute atomic E-state index is 13.7. The largest absolute Gasteiger partial charge is 0.494 e. The monoisotopic (exact) mass is 596 g/mol. The average Bonchev–Trinajstić information content (AvgIpc) is 3.66. The van der Waals surface area contributed by atoms with Gasteiger partial charge in [0.05, 0.1) is 29.2 Å². The molecular weight excluding hydrogens is 568 g/mol. The first-order valence-electron chi connectivity index (χ1n) is 13.1. The zero-order valence-electron chi connectivity index (χ0n) is 22.5. The van der Waals surface area contributed by atoms with Crippen molar-refractivity contribution in [2.75, 3.05) is 31.6 Å². The van der Waals surface area contributed by atoms with Crippen LogP contribution < -0.4 is 15.6 Å². The lowest BCUT2D eigenvalue weighted by atomic mass is 10.2. The van der Waals surface area contributed by atoms with Crippen LogP contribution in [0, 0.1) is 0 Å². The first-order chi connectivity index (χ1) is 19.7. The van der Waals surface area contributed by atoms with Gasteiger partial charge in [-0.15, -0.1) is 11.3 Å². The second-order valence-corrected chi connectivity index (χ2v) is 12.0. The summed E-state index contributed by atoms with van der Waals surface area (Å²) >= 11 is 1.07. The van der Waals surface area contributed by atoms with Crippen LogP contribution in [0.3, 0.4) is 0 Å². The van der Waals surface area contributed by atoms with Crippen molar-refractivity contribution in [3.05, 3.63) is 75.5 Å². The van der Waals surface area contributed by atoms with E-state index in [2.05, 4.69) is 10.4 Å². The summed E-state index contributed by atoms with van der Waals surface area (Å²) in [6.07, 6.45) is 1.64. The Bertz CT molecular complexity index is 1760. The summed E-state index contributed by atoms with van der Waals surface area (Å²) in [6.45, 7) is 5.07. The van der Waals surface area contributed by atoms with E-state index in [0.29, 0.717) is 31.1 Å². The number of nitrogens with zero attached hydrogens (tertiary/aromatic N) is 3. The van der Waals surface area contributed by atoms with Gasteiger partial charge < -0.3 is 14.8 Å². The highest BCUT2D eigenvalue weighted by Crippen LogP contribution is 2.31. The summed E-state index contributed by atoms with van der Waals surface area (Å²) in [5.41, 5.74) is -0.00743. The molecule has 41 heavy (non-hydrogen) atoms. The highest BCUT2D eigenvalue weighted by molar-refractivity contribution is 7.89. The number of carbonyl (C=O) groups excluding carboxylic acids is 2.